The van der Waals surface area contributed by atoms with Gasteiger partial charge < -0.3 is 0 Å². The molecule has 0 saturated heterocycles. The van der Waals surface area contributed by atoms with Gasteiger partial charge in [-0.1, -0.05) is 74.4 Å². The Labute approximate surface area is 176 Å². The minimum absolute atomic E-state index is 0.507. The van der Waals surface area contributed by atoms with Crippen LogP contribution in [0, 0.1) is 23.7 Å². The largest absolute Gasteiger partial charge is 0.0721 e. The molecule has 29 heavy (non-hydrogen) atoms. The molecular formula is C29H33. The summed E-state index contributed by atoms with van der Waals surface area (Å²) >= 11 is 0. The van der Waals surface area contributed by atoms with E-state index in [0.717, 1.165) is 17.8 Å². The third-order valence-electron chi connectivity index (χ3n) is 8.55. The van der Waals surface area contributed by atoms with Crippen molar-refractivity contribution in [2.24, 2.45) is 17.8 Å². The van der Waals surface area contributed by atoms with Crippen LogP contribution in [0.15, 0.2) is 48.5 Å². The van der Waals surface area contributed by atoms with E-state index in [9.17, 15) is 0 Å². The normalized spacial score (nSPS) is 32.1. The Kier molecular flexibility index (Phi) is 4.26. The van der Waals surface area contributed by atoms with Gasteiger partial charge in [0.2, 0.25) is 0 Å². The standard InChI is InChI=1S/C29H33/c1-2-3-5-23-10-13-28-26(23)6-4-7-27(28)24-8-11-25(12-9-24)29-17-20-14-21(18-29)16-22(15-20)19-29/h4,6-13,20-22H,2-3,5,14-19H2,1H3. The molecule has 4 bridgehead atoms. The fourth-order valence-electron chi connectivity index (χ4n) is 7.60. The van der Waals surface area contributed by atoms with Crippen molar-refractivity contribution < 1.29 is 0 Å². The van der Waals surface area contributed by atoms with Crippen molar-refractivity contribution in [2.45, 2.75) is 70.1 Å². The van der Waals surface area contributed by atoms with E-state index in [4.69, 9.17) is 0 Å². The van der Waals surface area contributed by atoms with Gasteiger partial charge in [0.05, 0.1) is 0 Å². The highest BCUT2D eigenvalue weighted by molar-refractivity contribution is 5.83. The van der Waals surface area contributed by atoms with Crippen LogP contribution in [0.3, 0.4) is 0 Å². The summed E-state index contributed by atoms with van der Waals surface area (Å²) in [7, 11) is 0. The Hall–Kier alpha value is -1.82. The lowest BCUT2D eigenvalue weighted by atomic mass is 9.48. The molecule has 1 radical (unpaired) electrons. The van der Waals surface area contributed by atoms with Crippen molar-refractivity contribution in [3.8, 4) is 11.1 Å². The molecule has 0 aliphatic heterocycles. The predicted molar refractivity (Wildman–Crippen MR) is 123 cm³/mol. The topological polar surface area (TPSA) is 0 Å². The first kappa shape index (κ1) is 18.0. The molecule has 4 saturated carbocycles. The van der Waals surface area contributed by atoms with E-state index in [0.29, 0.717) is 5.41 Å². The molecule has 0 spiro atoms. The van der Waals surface area contributed by atoms with Crippen molar-refractivity contribution >= 4 is 6.08 Å². The highest BCUT2D eigenvalue weighted by atomic mass is 14.6. The van der Waals surface area contributed by atoms with Crippen LogP contribution in [0.1, 0.15) is 81.4 Å². The molecule has 0 aromatic heterocycles. The fraction of sp³-hybridized carbons (Fsp3) is 0.483. The Morgan fingerprint density at radius 2 is 1.45 bits per heavy atom. The molecule has 5 aliphatic rings. The van der Waals surface area contributed by atoms with E-state index in [1.165, 1.54) is 86.0 Å². The lowest BCUT2D eigenvalue weighted by molar-refractivity contribution is -0.00518. The fourth-order valence-corrected chi connectivity index (χ4v) is 7.60. The van der Waals surface area contributed by atoms with E-state index >= 15 is 0 Å². The molecule has 0 unspecified atom stereocenters. The second kappa shape index (κ2) is 6.86. The number of rotatable bonds is 5. The number of unbranched alkanes of at least 4 members (excludes halogenated alkanes) is 1. The molecule has 0 atom stereocenters. The van der Waals surface area contributed by atoms with Gasteiger partial charge >= 0.3 is 0 Å². The average Bonchev–Trinajstić information content (AvgIpc) is 3.14. The first-order valence-electron chi connectivity index (χ1n) is 12.0. The van der Waals surface area contributed by atoms with Crippen LogP contribution >= 0.6 is 0 Å². The number of fused-ring (bicyclic) bond motifs is 1. The van der Waals surface area contributed by atoms with Gasteiger partial charge in [-0.15, -0.1) is 0 Å². The Morgan fingerprint density at radius 1 is 0.793 bits per heavy atom. The summed E-state index contributed by atoms with van der Waals surface area (Å²) in [6, 6.07) is 16.7. The molecule has 149 valence electrons. The number of benzene rings is 2. The maximum Gasteiger partial charge on any atom is 0.0273 e. The molecule has 0 nitrogen and oxygen atoms in total. The van der Waals surface area contributed by atoms with Crippen molar-refractivity contribution in [2.75, 3.05) is 0 Å². The zero-order chi connectivity index (χ0) is 19.4. The number of hydrogen-bond acceptors (Lipinski definition) is 0. The lowest BCUT2D eigenvalue weighted by Gasteiger charge is -2.57. The van der Waals surface area contributed by atoms with Crippen LogP contribution in [-0.4, -0.2) is 0 Å². The van der Waals surface area contributed by atoms with Gasteiger partial charge in [0, 0.05) is 5.92 Å². The summed E-state index contributed by atoms with van der Waals surface area (Å²) in [5.41, 5.74) is 7.83. The third-order valence-corrected chi connectivity index (χ3v) is 8.55. The molecule has 5 aliphatic carbocycles. The summed E-state index contributed by atoms with van der Waals surface area (Å²) in [6.07, 6.45) is 17.4. The number of allylic oxidation sites excluding steroid dienone is 1. The van der Waals surface area contributed by atoms with Crippen molar-refractivity contribution in [3.05, 3.63) is 71.1 Å². The zero-order valence-electron chi connectivity index (χ0n) is 17.8. The van der Waals surface area contributed by atoms with Crippen LogP contribution < -0.4 is 0 Å². The summed E-state index contributed by atoms with van der Waals surface area (Å²) in [6.45, 7) is 2.28. The molecule has 4 fully saturated rings. The third kappa shape index (κ3) is 2.94. The maximum absolute atomic E-state index is 2.49. The van der Waals surface area contributed by atoms with Gasteiger partial charge in [0.15, 0.2) is 0 Å². The smallest absolute Gasteiger partial charge is 0.0273 e. The monoisotopic (exact) mass is 381 g/mol. The highest BCUT2D eigenvalue weighted by Gasteiger charge is 2.51. The van der Waals surface area contributed by atoms with Gasteiger partial charge in [-0.05, 0) is 95.9 Å². The second-order valence-electron chi connectivity index (χ2n) is 10.5. The van der Waals surface area contributed by atoms with Crippen molar-refractivity contribution in [1.29, 1.82) is 0 Å². The molecule has 2 aromatic carbocycles. The molecule has 0 N–H and O–H groups in total. The van der Waals surface area contributed by atoms with E-state index in [-0.39, 0.29) is 0 Å². The lowest BCUT2D eigenvalue weighted by Crippen LogP contribution is -2.48. The SMILES string of the molecule is CCCC[C]1C=Cc2c1cccc2-c1ccc(C23CC4CC(CC(C4)C2)C3)cc1. The maximum atomic E-state index is 2.49. The summed E-state index contributed by atoms with van der Waals surface area (Å²) in [5, 5.41) is 0. The van der Waals surface area contributed by atoms with E-state index in [1.807, 2.05) is 0 Å². The molecule has 0 heterocycles. The molecule has 0 heteroatoms. The Balaban J connectivity index is 1.30. The van der Waals surface area contributed by atoms with Gasteiger partial charge in [0.1, 0.15) is 0 Å². The van der Waals surface area contributed by atoms with Gasteiger partial charge in [0.25, 0.3) is 0 Å². The second-order valence-corrected chi connectivity index (χ2v) is 10.5. The molecular weight excluding hydrogens is 348 g/mol. The average molecular weight is 382 g/mol. The minimum atomic E-state index is 0.507. The van der Waals surface area contributed by atoms with E-state index in [1.54, 1.807) is 5.56 Å². The van der Waals surface area contributed by atoms with Crippen molar-refractivity contribution in [1.82, 2.24) is 0 Å². The van der Waals surface area contributed by atoms with Gasteiger partial charge in [-0.2, -0.15) is 0 Å². The number of hydrogen-bond donors (Lipinski definition) is 0. The molecule has 2 aromatic rings. The van der Waals surface area contributed by atoms with Gasteiger partial charge in [-0.25, -0.2) is 0 Å². The van der Waals surface area contributed by atoms with Crippen LogP contribution in [0.5, 0.6) is 0 Å². The van der Waals surface area contributed by atoms with Crippen molar-refractivity contribution in [3.63, 3.8) is 0 Å². The van der Waals surface area contributed by atoms with E-state index in [2.05, 4.69) is 61.5 Å². The summed E-state index contributed by atoms with van der Waals surface area (Å²) in [4.78, 5) is 0. The predicted octanol–water partition coefficient (Wildman–Crippen LogP) is 7.96. The zero-order valence-corrected chi connectivity index (χ0v) is 17.8. The minimum Gasteiger partial charge on any atom is -0.0721 e. The Bertz CT molecular complexity index is 894. The highest BCUT2D eigenvalue weighted by Crippen LogP contribution is 2.60. The molecule has 7 rings (SSSR count). The Morgan fingerprint density at radius 3 is 2.10 bits per heavy atom. The van der Waals surface area contributed by atoms with Crippen LogP contribution in [-0.2, 0) is 5.41 Å². The van der Waals surface area contributed by atoms with Crippen LogP contribution in [0.4, 0.5) is 0 Å². The van der Waals surface area contributed by atoms with Gasteiger partial charge in [-0.3, -0.25) is 0 Å². The van der Waals surface area contributed by atoms with E-state index < -0.39 is 0 Å². The summed E-state index contributed by atoms with van der Waals surface area (Å²) < 4.78 is 0. The van der Waals surface area contributed by atoms with Crippen LogP contribution in [0.25, 0.3) is 17.2 Å². The summed E-state index contributed by atoms with van der Waals surface area (Å²) in [5.74, 6) is 4.57. The van der Waals surface area contributed by atoms with Crippen LogP contribution in [0.2, 0.25) is 0 Å². The molecule has 0 amide bonds. The first-order valence-corrected chi connectivity index (χ1v) is 12.0. The quantitative estimate of drug-likeness (QED) is 0.493. The first-order chi connectivity index (χ1) is 14.2.